The number of halogens is 3. The predicted octanol–water partition coefficient (Wildman–Crippen LogP) is 1.94. The van der Waals surface area contributed by atoms with Gasteiger partial charge in [0, 0.05) is 18.1 Å². The summed E-state index contributed by atoms with van der Waals surface area (Å²) in [5, 5.41) is 2.35. The summed E-state index contributed by atoms with van der Waals surface area (Å²) in [4.78, 5) is 24.3. The summed E-state index contributed by atoms with van der Waals surface area (Å²) >= 11 is 2.93. The zero-order valence-electron chi connectivity index (χ0n) is 10.5. The number of nitrogens with one attached hydrogen (secondary N) is 1. The molecule has 4 nitrogen and oxygen atoms in total. The molecule has 0 heterocycles. The molecule has 104 valence electrons. The van der Waals surface area contributed by atoms with Crippen LogP contribution in [-0.2, 0) is 4.79 Å². The molecule has 0 aromatic heterocycles. The molecular weight excluding hydrogens is 322 g/mol. The van der Waals surface area contributed by atoms with Gasteiger partial charge in [0.2, 0.25) is 5.91 Å². The second-order valence-electron chi connectivity index (χ2n) is 3.74. The average Bonchev–Trinajstić information content (AvgIpc) is 2.33. The first-order valence-electron chi connectivity index (χ1n) is 5.55. The highest BCUT2D eigenvalue weighted by atomic mass is 79.9. The van der Waals surface area contributed by atoms with Crippen molar-refractivity contribution in [1.29, 1.82) is 0 Å². The molecule has 1 N–H and O–H groups in total. The predicted molar refractivity (Wildman–Crippen MR) is 69.7 cm³/mol. The van der Waals surface area contributed by atoms with Crippen LogP contribution < -0.4 is 5.32 Å². The Morgan fingerprint density at radius 2 is 1.84 bits per heavy atom. The Labute approximate surface area is 117 Å². The summed E-state index contributed by atoms with van der Waals surface area (Å²) in [5.74, 6) is -3.19. The van der Waals surface area contributed by atoms with Crippen molar-refractivity contribution in [1.82, 2.24) is 10.2 Å². The SMILES string of the molecule is CCN(CC(=O)NC)C(=O)c1c(F)cc(Br)cc1F. The second kappa shape index (κ2) is 6.60. The molecule has 0 aliphatic heterocycles. The third-order valence-corrected chi connectivity index (χ3v) is 2.96. The van der Waals surface area contributed by atoms with Gasteiger partial charge in [-0.3, -0.25) is 9.59 Å². The van der Waals surface area contributed by atoms with Gasteiger partial charge in [-0.25, -0.2) is 8.78 Å². The Morgan fingerprint density at radius 3 is 2.26 bits per heavy atom. The zero-order chi connectivity index (χ0) is 14.6. The van der Waals surface area contributed by atoms with Gasteiger partial charge in [0.1, 0.15) is 17.2 Å². The van der Waals surface area contributed by atoms with E-state index in [9.17, 15) is 18.4 Å². The van der Waals surface area contributed by atoms with Crippen LogP contribution in [0.2, 0.25) is 0 Å². The summed E-state index contributed by atoms with van der Waals surface area (Å²) in [6.45, 7) is 1.54. The lowest BCUT2D eigenvalue weighted by atomic mass is 10.1. The molecule has 0 aliphatic rings. The molecule has 0 aliphatic carbocycles. The second-order valence-corrected chi connectivity index (χ2v) is 4.65. The van der Waals surface area contributed by atoms with Crippen LogP contribution in [0.3, 0.4) is 0 Å². The van der Waals surface area contributed by atoms with Gasteiger partial charge in [-0.1, -0.05) is 15.9 Å². The fourth-order valence-electron chi connectivity index (χ4n) is 1.48. The molecule has 0 atom stereocenters. The van der Waals surface area contributed by atoms with Crippen LogP contribution in [0.15, 0.2) is 16.6 Å². The molecule has 0 saturated carbocycles. The molecule has 0 bridgehead atoms. The third-order valence-electron chi connectivity index (χ3n) is 2.50. The summed E-state index contributed by atoms with van der Waals surface area (Å²) in [6.07, 6.45) is 0. The van der Waals surface area contributed by atoms with E-state index in [4.69, 9.17) is 0 Å². The third kappa shape index (κ3) is 3.73. The van der Waals surface area contributed by atoms with Crippen LogP contribution in [0.4, 0.5) is 8.78 Å². The molecule has 0 unspecified atom stereocenters. The Hall–Kier alpha value is -1.50. The standard InChI is InChI=1S/C12H13BrF2N2O2/c1-3-17(6-10(18)16-2)12(19)11-8(14)4-7(13)5-9(11)15/h4-5H,3,6H2,1-2H3,(H,16,18). The van der Waals surface area contributed by atoms with Gasteiger partial charge in [0.15, 0.2) is 0 Å². The number of likely N-dealkylation sites (N-methyl/N-ethyl adjacent to an activating group) is 2. The number of carbonyl (C=O) groups is 2. The number of amides is 2. The number of hydrogen-bond donors (Lipinski definition) is 1. The van der Waals surface area contributed by atoms with E-state index >= 15 is 0 Å². The minimum Gasteiger partial charge on any atom is -0.358 e. The maximum Gasteiger partial charge on any atom is 0.260 e. The van der Waals surface area contributed by atoms with Crippen molar-refractivity contribution in [2.75, 3.05) is 20.1 Å². The molecule has 1 aromatic rings. The first kappa shape index (κ1) is 15.6. The number of hydrogen-bond acceptors (Lipinski definition) is 2. The minimum absolute atomic E-state index is 0.168. The summed E-state index contributed by atoms with van der Waals surface area (Å²) in [7, 11) is 1.42. The Balaban J connectivity index is 3.07. The summed E-state index contributed by atoms with van der Waals surface area (Å²) < 4.78 is 27.5. The lowest BCUT2D eigenvalue weighted by Gasteiger charge is -2.20. The average molecular weight is 335 g/mol. The highest BCUT2D eigenvalue weighted by Gasteiger charge is 2.24. The monoisotopic (exact) mass is 334 g/mol. The molecule has 0 radical (unpaired) electrons. The van der Waals surface area contributed by atoms with Crippen molar-refractivity contribution < 1.29 is 18.4 Å². The Kier molecular flexibility index (Phi) is 5.41. The molecule has 0 spiro atoms. The highest BCUT2D eigenvalue weighted by Crippen LogP contribution is 2.20. The van der Waals surface area contributed by atoms with Crippen LogP contribution in [-0.4, -0.2) is 36.9 Å². The summed E-state index contributed by atoms with van der Waals surface area (Å²) in [6, 6.07) is 2.01. The number of nitrogens with zero attached hydrogens (tertiary/aromatic N) is 1. The fourth-order valence-corrected chi connectivity index (χ4v) is 1.89. The number of benzene rings is 1. The van der Waals surface area contributed by atoms with E-state index in [-0.39, 0.29) is 17.6 Å². The molecule has 0 saturated heterocycles. The first-order valence-corrected chi connectivity index (χ1v) is 6.34. The summed E-state index contributed by atoms with van der Waals surface area (Å²) in [5.41, 5.74) is -0.658. The highest BCUT2D eigenvalue weighted by molar-refractivity contribution is 9.10. The molecule has 1 rings (SSSR count). The van der Waals surface area contributed by atoms with E-state index in [1.165, 1.54) is 7.05 Å². The molecule has 7 heteroatoms. The van der Waals surface area contributed by atoms with Gasteiger partial charge in [-0.05, 0) is 19.1 Å². The van der Waals surface area contributed by atoms with E-state index in [2.05, 4.69) is 21.2 Å². The van der Waals surface area contributed by atoms with Crippen LogP contribution in [0.25, 0.3) is 0 Å². The molecule has 19 heavy (non-hydrogen) atoms. The zero-order valence-corrected chi connectivity index (χ0v) is 12.1. The van der Waals surface area contributed by atoms with Gasteiger partial charge in [-0.15, -0.1) is 0 Å². The van der Waals surface area contributed by atoms with E-state index < -0.39 is 29.0 Å². The van der Waals surface area contributed by atoms with Crippen molar-refractivity contribution in [3.05, 3.63) is 33.8 Å². The van der Waals surface area contributed by atoms with Crippen molar-refractivity contribution in [2.24, 2.45) is 0 Å². The normalized spacial score (nSPS) is 10.2. The van der Waals surface area contributed by atoms with Gasteiger partial charge in [0.25, 0.3) is 5.91 Å². The lowest BCUT2D eigenvalue weighted by molar-refractivity contribution is -0.121. The molecule has 2 amide bonds. The smallest absolute Gasteiger partial charge is 0.260 e. The van der Waals surface area contributed by atoms with Crippen molar-refractivity contribution in [2.45, 2.75) is 6.92 Å². The van der Waals surface area contributed by atoms with E-state index in [1.807, 2.05) is 0 Å². The van der Waals surface area contributed by atoms with Crippen molar-refractivity contribution in [3.8, 4) is 0 Å². The Bertz CT molecular complexity index is 485. The maximum absolute atomic E-state index is 13.7. The van der Waals surface area contributed by atoms with E-state index in [1.54, 1.807) is 6.92 Å². The van der Waals surface area contributed by atoms with Crippen LogP contribution in [0.5, 0.6) is 0 Å². The van der Waals surface area contributed by atoms with Gasteiger partial charge in [-0.2, -0.15) is 0 Å². The molecule has 1 aromatic carbocycles. The number of rotatable bonds is 4. The van der Waals surface area contributed by atoms with Gasteiger partial charge in [0.05, 0.1) is 6.54 Å². The first-order chi connectivity index (χ1) is 8.90. The lowest BCUT2D eigenvalue weighted by Crippen LogP contribution is -2.40. The van der Waals surface area contributed by atoms with Crippen molar-refractivity contribution in [3.63, 3.8) is 0 Å². The van der Waals surface area contributed by atoms with Crippen LogP contribution in [0.1, 0.15) is 17.3 Å². The van der Waals surface area contributed by atoms with Crippen molar-refractivity contribution >= 4 is 27.7 Å². The quantitative estimate of drug-likeness (QED) is 0.914. The molecule has 0 fully saturated rings. The van der Waals surface area contributed by atoms with Crippen LogP contribution in [0, 0.1) is 11.6 Å². The van der Waals surface area contributed by atoms with Crippen LogP contribution >= 0.6 is 15.9 Å². The minimum atomic E-state index is -0.966. The fraction of sp³-hybridized carbons (Fsp3) is 0.333. The largest absolute Gasteiger partial charge is 0.358 e. The molecular formula is C12H13BrF2N2O2. The number of carbonyl (C=O) groups excluding carboxylic acids is 2. The van der Waals surface area contributed by atoms with Gasteiger partial charge < -0.3 is 10.2 Å². The van der Waals surface area contributed by atoms with E-state index in [0.29, 0.717) is 0 Å². The topological polar surface area (TPSA) is 49.4 Å². The maximum atomic E-state index is 13.7. The van der Waals surface area contributed by atoms with Gasteiger partial charge >= 0.3 is 0 Å². The Morgan fingerprint density at radius 1 is 1.32 bits per heavy atom. The van der Waals surface area contributed by atoms with E-state index in [0.717, 1.165) is 17.0 Å².